The third-order valence-electron chi connectivity index (χ3n) is 8.87. The molecule has 0 unspecified atom stereocenters. The molecule has 5 N–H and O–H groups in total. The van der Waals surface area contributed by atoms with Crippen LogP contribution in [-0.2, 0) is 19.2 Å². The number of rotatable bonds is 13. The number of hydrogen-bond donors (Lipinski definition) is 5. The van der Waals surface area contributed by atoms with Gasteiger partial charge in [0.25, 0.3) is 0 Å². The average Bonchev–Trinajstić information content (AvgIpc) is 3.78. The van der Waals surface area contributed by atoms with Gasteiger partial charge in [0.15, 0.2) is 0 Å². The number of likely N-dealkylation sites (tertiary alicyclic amines) is 1. The van der Waals surface area contributed by atoms with E-state index in [1.807, 2.05) is 64.4 Å². The van der Waals surface area contributed by atoms with Gasteiger partial charge in [0.1, 0.15) is 12.1 Å². The molecule has 2 aromatic rings. The van der Waals surface area contributed by atoms with Crippen molar-refractivity contribution < 1.29 is 24.3 Å². The first-order chi connectivity index (χ1) is 21.8. The number of aryl methyl sites for hydroxylation is 1. The second-order valence-electron chi connectivity index (χ2n) is 13.7. The topological polar surface area (TPSA) is 153 Å². The predicted molar refractivity (Wildman–Crippen MR) is 179 cm³/mol. The van der Waals surface area contributed by atoms with Gasteiger partial charge in [-0.3, -0.25) is 19.2 Å². The monoisotopic (exact) mass is 654 g/mol. The molecule has 5 atom stereocenters. The number of aliphatic hydroxyl groups excluding tert-OH is 1. The van der Waals surface area contributed by atoms with E-state index in [9.17, 15) is 24.3 Å². The van der Waals surface area contributed by atoms with E-state index in [-0.39, 0.29) is 55.0 Å². The summed E-state index contributed by atoms with van der Waals surface area (Å²) in [5.41, 5.74) is 4.16. The van der Waals surface area contributed by atoms with Crippen molar-refractivity contribution >= 4 is 35.0 Å². The van der Waals surface area contributed by atoms with Crippen molar-refractivity contribution in [2.75, 3.05) is 26.2 Å². The van der Waals surface area contributed by atoms with Gasteiger partial charge in [-0.15, -0.1) is 11.3 Å². The molecule has 3 heterocycles. The highest BCUT2D eigenvalue weighted by molar-refractivity contribution is 7.13. The Morgan fingerprint density at radius 3 is 2.46 bits per heavy atom. The van der Waals surface area contributed by atoms with E-state index >= 15 is 0 Å². The molecule has 11 nitrogen and oxygen atoms in total. The van der Waals surface area contributed by atoms with E-state index in [4.69, 9.17) is 0 Å². The van der Waals surface area contributed by atoms with E-state index in [1.165, 1.54) is 4.90 Å². The van der Waals surface area contributed by atoms with Gasteiger partial charge in [0.2, 0.25) is 23.6 Å². The Kier molecular flexibility index (Phi) is 12.3. The van der Waals surface area contributed by atoms with Gasteiger partial charge in [-0.05, 0) is 56.2 Å². The first-order valence-corrected chi connectivity index (χ1v) is 17.3. The van der Waals surface area contributed by atoms with Gasteiger partial charge in [-0.25, -0.2) is 4.98 Å². The summed E-state index contributed by atoms with van der Waals surface area (Å²) < 4.78 is 0. The van der Waals surface area contributed by atoms with Crippen molar-refractivity contribution in [3.05, 3.63) is 41.0 Å². The van der Waals surface area contributed by atoms with Crippen LogP contribution in [0.25, 0.3) is 10.4 Å². The number of amides is 4. The standard InChI is InChI=1S/C34H50N6O5S/c1-21(23-10-12-24(13-11-23)29-22(2)37-20-46-29)38-32(44)27-17-26(41)19-40(27)33(45)30(34(3,4)5)39-28(42)9-7-6-8-15-36-31(43)25-14-16-35-18-25/h10-13,20-21,25-27,30,35,41H,6-9,14-19H2,1-5H3,(H,36,43)(H,38,44)(H,39,42)/t21-,25+,26+,27-,30+/m0/s1. The number of nitrogens with zero attached hydrogens (tertiary/aromatic N) is 2. The van der Waals surface area contributed by atoms with Crippen LogP contribution >= 0.6 is 11.3 Å². The van der Waals surface area contributed by atoms with E-state index < -0.39 is 23.6 Å². The molecular weight excluding hydrogens is 604 g/mol. The van der Waals surface area contributed by atoms with E-state index in [0.717, 1.165) is 54.0 Å². The molecule has 4 rings (SSSR count). The van der Waals surface area contributed by atoms with Crippen LogP contribution in [0.4, 0.5) is 0 Å². The maximum absolute atomic E-state index is 13.9. The van der Waals surface area contributed by atoms with Gasteiger partial charge >= 0.3 is 0 Å². The molecule has 2 aliphatic heterocycles. The summed E-state index contributed by atoms with van der Waals surface area (Å²) in [4.78, 5) is 59.3. The highest BCUT2D eigenvalue weighted by atomic mass is 32.1. The third kappa shape index (κ3) is 9.36. The Hall–Kier alpha value is -3.35. The molecule has 2 saturated heterocycles. The lowest BCUT2D eigenvalue weighted by Gasteiger charge is -2.35. The molecule has 0 radical (unpaired) electrons. The molecule has 2 aliphatic rings. The molecule has 0 aliphatic carbocycles. The van der Waals surface area contributed by atoms with Gasteiger partial charge in [-0.2, -0.15) is 0 Å². The zero-order valence-corrected chi connectivity index (χ0v) is 28.5. The predicted octanol–water partition coefficient (Wildman–Crippen LogP) is 3.07. The van der Waals surface area contributed by atoms with Crippen LogP contribution in [-0.4, -0.2) is 83.0 Å². The number of unbranched alkanes of at least 4 members (excludes halogenated alkanes) is 2. The Labute approximate surface area is 276 Å². The Bertz CT molecular complexity index is 1350. The summed E-state index contributed by atoms with van der Waals surface area (Å²) in [6.45, 7) is 11.7. The molecule has 252 valence electrons. The van der Waals surface area contributed by atoms with Crippen LogP contribution in [0.5, 0.6) is 0 Å². The minimum atomic E-state index is -0.861. The summed E-state index contributed by atoms with van der Waals surface area (Å²) >= 11 is 1.58. The molecular formula is C34H50N6O5S. The Morgan fingerprint density at radius 1 is 1.09 bits per heavy atom. The van der Waals surface area contributed by atoms with E-state index in [2.05, 4.69) is 26.3 Å². The maximum atomic E-state index is 13.9. The van der Waals surface area contributed by atoms with Crippen molar-refractivity contribution in [1.82, 2.24) is 31.2 Å². The summed E-state index contributed by atoms with van der Waals surface area (Å²) in [5.74, 6) is -0.825. The quantitative estimate of drug-likeness (QED) is 0.208. The summed E-state index contributed by atoms with van der Waals surface area (Å²) in [6.07, 6.45) is 2.60. The molecule has 12 heteroatoms. The van der Waals surface area contributed by atoms with E-state index in [1.54, 1.807) is 11.3 Å². The summed E-state index contributed by atoms with van der Waals surface area (Å²) in [6, 6.07) is 5.95. The number of carbonyl (C=O) groups is 4. The molecule has 2 fully saturated rings. The second-order valence-corrected chi connectivity index (χ2v) is 14.5. The molecule has 0 spiro atoms. The SMILES string of the molecule is Cc1ncsc1-c1ccc([C@H](C)NC(=O)[C@@H]2C[C@@H](O)CN2C(=O)[C@@H](NC(=O)CCCCCNC(=O)[C@@H]2CCNC2)C(C)(C)C)cc1. The van der Waals surface area contributed by atoms with Crippen LogP contribution < -0.4 is 21.3 Å². The van der Waals surface area contributed by atoms with Crippen LogP contribution in [0.2, 0.25) is 0 Å². The molecule has 1 aromatic heterocycles. The highest BCUT2D eigenvalue weighted by Gasteiger charge is 2.44. The van der Waals surface area contributed by atoms with Gasteiger partial charge in [-0.1, -0.05) is 51.5 Å². The number of nitrogens with one attached hydrogen (secondary N) is 4. The first-order valence-electron chi connectivity index (χ1n) is 16.4. The number of hydrogen-bond acceptors (Lipinski definition) is 8. The van der Waals surface area contributed by atoms with Gasteiger partial charge in [0, 0.05) is 32.5 Å². The van der Waals surface area contributed by atoms with Crippen molar-refractivity contribution in [2.24, 2.45) is 11.3 Å². The second kappa shape index (κ2) is 16.0. The van der Waals surface area contributed by atoms with Crippen LogP contribution in [0.3, 0.4) is 0 Å². The molecule has 0 bridgehead atoms. The van der Waals surface area contributed by atoms with Gasteiger partial charge < -0.3 is 31.3 Å². The van der Waals surface area contributed by atoms with E-state index in [0.29, 0.717) is 13.0 Å². The van der Waals surface area contributed by atoms with Crippen LogP contribution in [0.15, 0.2) is 29.8 Å². The zero-order valence-electron chi connectivity index (χ0n) is 27.7. The van der Waals surface area contributed by atoms with Crippen molar-refractivity contribution in [2.45, 2.75) is 97.4 Å². The van der Waals surface area contributed by atoms with Crippen LogP contribution in [0, 0.1) is 18.3 Å². The first kappa shape index (κ1) is 35.5. The lowest BCUT2D eigenvalue weighted by molar-refractivity contribution is -0.144. The highest BCUT2D eigenvalue weighted by Crippen LogP contribution is 2.29. The van der Waals surface area contributed by atoms with Crippen molar-refractivity contribution in [3.63, 3.8) is 0 Å². The molecule has 0 saturated carbocycles. The smallest absolute Gasteiger partial charge is 0.246 e. The minimum Gasteiger partial charge on any atom is -0.391 e. The minimum absolute atomic E-state index is 0.0271. The van der Waals surface area contributed by atoms with Crippen LogP contribution in [0.1, 0.15) is 83.5 Å². The zero-order chi connectivity index (χ0) is 33.4. The number of aromatic nitrogens is 1. The number of benzene rings is 1. The normalized spacial score (nSPS) is 21.1. The fourth-order valence-corrected chi connectivity index (χ4v) is 6.88. The number of aliphatic hydroxyl groups is 1. The fraction of sp³-hybridized carbons (Fsp3) is 0.618. The Balaban J connectivity index is 1.29. The molecule has 1 aromatic carbocycles. The molecule has 4 amide bonds. The van der Waals surface area contributed by atoms with Crippen molar-refractivity contribution in [3.8, 4) is 10.4 Å². The Morgan fingerprint density at radius 2 is 1.83 bits per heavy atom. The lowest BCUT2D eigenvalue weighted by atomic mass is 9.85. The summed E-state index contributed by atoms with van der Waals surface area (Å²) in [5, 5.41) is 22.6. The van der Waals surface area contributed by atoms with Gasteiger partial charge in [0.05, 0.1) is 34.1 Å². The number of thiazole rings is 1. The maximum Gasteiger partial charge on any atom is 0.246 e. The number of β-amino-alcohol motifs (C(OH)–C–C–N with tert-alkyl or cyclic N) is 1. The fourth-order valence-electron chi connectivity index (χ4n) is 6.07. The van der Waals surface area contributed by atoms with Crippen molar-refractivity contribution in [1.29, 1.82) is 0 Å². The third-order valence-corrected chi connectivity index (χ3v) is 9.85. The molecule has 46 heavy (non-hydrogen) atoms. The lowest BCUT2D eigenvalue weighted by Crippen LogP contribution is -2.57. The largest absolute Gasteiger partial charge is 0.391 e. The average molecular weight is 655 g/mol. The summed E-state index contributed by atoms with van der Waals surface area (Å²) in [7, 11) is 0. The number of carbonyl (C=O) groups excluding carboxylic acids is 4.